The van der Waals surface area contributed by atoms with Crippen molar-refractivity contribution < 1.29 is 9.47 Å². The Bertz CT molecular complexity index is 1080. The van der Waals surface area contributed by atoms with Crippen LogP contribution in [0.4, 0.5) is 0 Å². The molecular formula is C32H32O2. The second-order valence-electron chi connectivity index (χ2n) is 8.26. The van der Waals surface area contributed by atoms with Crippen LogP contribution >= 0.6 is 0 Å². The zero-order chi connectivity index (χ0) is 23.6. The van der Waals surface area contributed by atoms with Crippen LogP contribution in [0.3, 0.4) is 0 Å². The average Bonchev–Trinajstić information content (AvgIpc) is 2.91. The van der Waals surface area contributed by atoms with Crippen LogP contribution in [0.5, 0.6) is 11.5 Å². The molecule has 4 aromatic rings. The first-order valence-electron chi connectivity index (χ1n) is 12.0. The molecule has 0 atom stereocenters. The minimum absolute atomic E-state index is 0.579. The Hall–Kier alpha value is -3.78. The Morgan fingerprint density at radius 1 is 0.471 bits per heavy atom. The van der Waals surface area contributed by atoms with Gasteiger partial charge in [0.15, 0.2) is 0 Å². The van der Waals surface area contributed by atoms with E-state index in [4.69, 9.17) is 9.47 Å². The number of rotatable bonds is 10. The van der Waals surface area contributed by atoms with E-state index in [1.54, 1.807) is 0 Å². The Morgan fingerprint density at radius 3 is 1.15 bits per heavy atom. The lowest BCUT2D eigenvalue weighted by molar-refractivity contribution is 0.306. The molecule has 2 heteroatoms. The van der Waals surface area contributed by atoms with Gasteiger partial charge in [0.1, 0.15) is 24.7 Å². The van der Waals surface area contributed by atoms with E-state index < -0.39 is 0 Å². The minimum atomic E-state index is 0.579. The Balaban J connectivity index is 1.46. The van der Waals surface area contributed by atoms with Crippen molar-refractivity contribution in [2.24, 2.45) is 0 Å². The van der Waals surface area contributed by atoms with E-state index in [0.717, 1.165) is 24.3 Å². The number of hydrogen-bond acceptors (Lipinski definition) is 2. The standard InChI is InChI=1S/C32H32O2/c1-3-31(27-15-19-29(20-16-27)33-23-25-11-7-5-8-12-25)32(4-2)28-17-21-30(22-18-28)34-24-26-13-9-6-10-14-26/h5-22H,3-4,23-24H2,1-2H3/b32-31-. The van der Waals surface area contributed by atoms with E-state index in [1.165, 1.54) is 33.4 Å². The molecular weight excluding hydrogens is 416 g/mol. The van der Waals surface area contributed by atoms with Gasteiger partial charge in [0, 0.05) is 0 Å². The second kappa shape index (κ2) is 11.9. The molecule has 0 radical (unpaired) electrons. The molecule has 0 spiro atoms. The maximum absolute atomic E-state index is 5.97. The molecule has 2 nitrogen and oxygen atoms in total. The first-order chi connectivity index (χ1) is 16.8. The Kier molecular flexibility index (Phi) is 8.18. The molecule has 0 aliphatic rings. The largest absolute Gasteiger partial charge is 0.489 e. The van der Waals surface area contributed by atoms with Crippen molar-refractivity contribution in [2.75, 3.05) is 0 Å². The van der Waals surface area contributed by atoms with Gasteiger partial charge in [-0.05, 0) is 70.5 Å². The lowest BCUT2D eigenvalue weighted by Crippen LogP contribution is -1.97. The molecule has 0 heterocycles. The fourth-order valence-corrected chi connectivity index (χ4v) is 4.17. The molecule has 34 heavy (non-hydrogen) atoms. The van der Waals surface area contributed by atoms with E-state index in [2.05, 4.69) is 86.6 Å². The van der Waals surface area contributed by atoms with Gasteiger partial charge in [0.25, 0.3) is 0 Å². The summed E-state index contributed by atoms with van der Waals surface area (Å²) in [5.74, 6) is 1.78. The third kappa shape index (κ3) is 6.17. The smallest absolute Gasteiger partial charge is 0.119 e. The van der Waals surface area contributed by atoms with Crippen molar-refractivity contribution in [3.8, 4) is 11.5 Å². The zero-order valence-corrected chi connectivity index (χ0v) is 20.0. The van der Waals surface area contributed by atoms with Crippen molar-refractivity contribution in [1.29, 1.82) is 0 Å². The van der Waals surface area contributed by atoms with Gasteiger partial charge in [-0.15, -0.1) is 0 Å². The highest BCUT2D eigenvalue weighted by atomic mass is 16.5. The van der Waals surface area contributed by atoms with Gasteiger partial charge in [-0.25, -0.2) is 0 Å². The number of ether oxygens (including phenoxy) is 2. The van der Waals surface area contributed by atoms with Crippen LogP contribution in [-0.2, 0) is 13.2 Å². The van der Waals surface area contributed by atoms with E-state index in [0.29, 0.717) is 13.2 Å². The van der Waals surface area contributed by atoms with Crippen LogP contribution in [0.1, 0.15) is 48.9 Å². The summed E-state index contributed by atoms with van der Waals surface area (Å²) in [5, 5.41) is 0. The summed E-state index contributed by atoms with van der Waals surface area (Å²) >= 11 is 0. The van der Waals surface area contributed by atoms with E-state index >= 15 is 0 Å². The maximum atomic E-state index is 5.97. The SMILES string of the molecule is CC/C(=C(\CC)c1ccc(OCc2ccccc2)cc1)c1ccc(OCc2ccccc2)cc1. The highest BCUT2D eigenvalue weighted by Gasteiger charge is 2.10. The third-order valence-corrected chi connectivity index (χ3v) is 5.97. The van der Waals surface area contributed by atoms with E-state index in [1.807, 2.05) is 36.4 Å². The summed E-state index contributed by atoms with van der Waals surface area (Å²) in [7, 11) is 0. The van der Waals surface area contributed by atoms with Gasteiger partial charge in [-0.3, -0.25) is 0 Å². The predicted octanol–water partition coefficient (Wildman–Crippen LogP) is 8.58. The molecule has 0 saturated heterocycles. The van der Waals surface area contributed by atoms with Crippen molar-refractivity contribution in [3.05, 3.63) is 131 Å². The van der Waals surface area contributed by atoms with Crippen molar-refractivity contribution in [3.63, 3.8) is 0 Å². The monoisotopic (exact) mass is 448 g/mol. The van der Waals surface area contributed by atoms with E-state index in [-0.39, 0.29) is 0 Å². The summed E-state index contributed by atoms with van der Waals surface area (Å²) in [6.45, 7) is 5.61. The highest BCUT2D eigenvalue weighted by Crippen LogP contribution is 2.33. The van der Waals surface area contributed by atoms with Crippen LogP contribution in [0.2, 0.25) is 0 Å². The summed E-state index contributed by atoms with van der Waals surface area (Å²) in [5.41, 5.74) is 7.58. The van der Waals surface area contributed by atoms with Gasteiger partial charge in [0.2, 0.25) is 0 Å². The van der Waals surface area contributed by atoms with Gasteiger partial charge < -0.3 is 9.47 Å². The quantitative estimate of drug-likeness (QED) is 0.226. The summed E-state index contributed by atoms with van der Waals surface area (Å²) < 4.78 is 11.9. The van der Waals surface area contributed by atoms with Gasteiger partial charge in [-0.1, -0.05) is 98.8 Å². The zero-order valence-electron chi connectivity index (χ0n) is 20.0. The minimum Gasteiger partial charge on any atom is -0.489 e. The Labute approximate surface area is 203 Å². The van der Waals surface area contributed by atoms with Crippen LogP contribution < -0.4 is 9.47 Å². The van der Waals surface area contributed by atoms with Crippen molar-refractivity contribution in [1.82, 2.24) is 0 Å². The molecule has 0 N–H and O–H groups in total. The van der Waals surface area contributed by atoms with Crippen LogP contribution in [0.15, 0.2) is 109 Å². The maximum Gasteiger partial charge on any atom is 0.119 e. The molecule has 0 aliphatic carbocycles. The fourth-order valence-electron chi connectivity index (χ4n) is 4.17. The Morgan fingerprint density at radius 2 is 0.824 bits per heavy atom. The van der Waals surface area contributed by atoms with Gasteiger partial charge in [-0.2, -0.15) is 0 Å². The van der Waals surface area contributed by atoms with E-state index in [9.17, 15) is 0 Å². The molecule has 0 aromatic heterocycles. The normalized spacial score (nSPS) is 11.6. The molecule has 172 valence electrons. The number of benzene rings is 4. The van der Waals surface area contributed by atoms with Crippen molar-refractivity contribution >= 4 is 11.1 Å². The lowest BCUT2D eigenvalue weighted by Gasteiger charge is -2.15. The molecule has 0 amide bonds. The summed E-state index contributed by atoms with van der Waals surface area (Å²) in [6.07, 6.45) is 1.94. The average molecular weight is 449 g/mol. The topological polar surface area (TPSA) is 18.5 Å². The van der Waals surface area contributed by atoms with Crippen molar-refractivity contribution in [2.45, 2.75) is 39.9 Å². The molecule has 4 aromatic carbocycles. The number of hydrogen-bond donors (Lipinski definition) is 0. The van der Waals surface area contributed by atoms with Crippen LogP contribution in [-0.4, -0.2) is 0 Å². The highest BCUT2D eigenvalue weighted by molar-refractivity contribution is 5.90. The van der Waals surface area contributed by atoms with Gasteiger partial charge in [0.05, 0.1) is 0 Å². The molecule has 0 aliphatic heterocycles. The first kappa shape index (κ1) is 23.4. The second-order valence-corrected chi connectivity index (χ2v) is 8.26. The molecule has 0 fully saturated rings. The van der Waals surface area contributed by atoms with Crippen LogP contribution in [0, 0.1) is 0 Å². The van der Waals surface area contributed by atoms with Crippen LogP contribution in [0.25, 0.3) is 11.1 Å². The summed E-state index contributed by atoms with van der Waals surface area (Å²) in [6, 6.07) is 37.5. The predicted molar refractivity (Wildman–Crippen MR) is 142 cm³/mol. The lowest BCUT2D eigenvalue weighted by atomic mass is 9.91. The fraction of sp³-hybridized carbons (Fsp3) is 0.188. The molecule has 0 saturated carbocycles. The molecule has 4 rings (SSSR count). The molecule has 0 bridgehead atoms. The third-order valence-electron chi connectivity index (χ3n) is 5.97. The first-order valence-corrected chi connectivity index (χ1v) is 12.0. The van der Waals surface area contributed by atoms with Gasteiger partial charge >= 0.3 is 0 Å². The summed E-state index contributed by atoms with van der Waals surface area (Å²) in [4.78, 5) is 0. The number of allylic oxidation sites excluding steroid dienone is 2. The molecule has 0 unspecified atom stereocenters.